The van der Waals surface area contributed by atoms with E-state index in [1.165, 1.54) is 12.8 Å². The fourth-order valence-corrected chi connectivity index (χ4v) is 4.37. The molecule has 0 aliphatic carbocycles. The van der Waals surface area contributed by atoms with Gasteiger partial charge < -0.3 is 10.2 Å². The van der Waals surface area contributed by atoms with E-state index in [-0.39, 0.29) is 17.9 Å². The molecule has 2 fully saturated rings. The van der Waals surface area contributed by atoms with E-state index >= 15 is 0 Å². The van der Waals surface area contributed by atoms with Gasteiger partial charge in [0.2, 0.25) is 11.8 Å². The summed E-state index contributed by atoms with van der Waals surface area (Å²) < 4.78 is 0. The first kappa shape index (κ1) is 22.3. The number of anilines is 1. The van der Waals surface area contributed by atoms with E-state index in [0.717, 1.165) is 52.1 Å². The van der Waals surface area contributed by atoms with Crippen molar-refractivity contribution >= 4 is 40.7 Å². The van der Waals surface area contributed by atoms with Crippen LogP contribution >= 0.6 is 23.2 Å². The lowest BCUT2D eigenvalue weighted by atomic mass is 10.2. The zero-order valence-electron chi connectivity index (χ0n) is 17.0. The number of nitrogens with one attached hydrogen (secondary N) is 1. The molecule has 8 heteroatoms. The van der Waals surface area contributed by atoms with Crippen LogP contribution in [0.15, 0.2) is 18.2 Å². The summed E-state index contributed by atoms with van der Waals surface area (Å²) in [4.78, 5) is 31.6. The largest absolute Gasteiger partial charge is 0.342 e. The summed E-state index contributed by atoms with van der Waals surface area (Å²) in [6.45, 7) is 7.27. The Morgan fingerprint density at radius 2 is 1.66 bits per heavy atom. The Kier molecular flexibility index (Phi) is 8.18. The number of amides is 2. The first-order valence-electron chi connectivity index (χ1n) is 10.4. The van der Waals surface area contributed by atoms with Crippen molar-refractivity contribution in [3.05, 3.63) is 28.2 Å². The van der Waals surface area contributed by atoms with Gasteiger partial charge in [0.05, 0.1) is 23.3 Å². The number of hydrogen-bond donors (Lipinski definition) is 1. The molecule has 0 unspecified atom stereocenters. The average Bonchev–Trinajstić information content (AvgIpc) is 3.00. The molecule has 0 radical (unpaired) electrons. The fraction of sp³-hybridized carbons (Fsp3) is 0.619. The van der Waals surface area contributed by atoms with Crippen molar-refractivity contribution in [1.29, 1.82) is 0 Å². The maximum Gasteiger partial charge on any atom is 0.241 e. The summed E-state index contributed by atoms with van der Waals surface area (Å²) in [6, 6.07) is 4.75. The van der Waals surface area contributed by atoms with Crippen molar-refractivity contribution in [3.8, 4) is 0 Å². The molecule has 2 aliphatic rings. The first-order valence-corrected chi connectivity index (χ1v) is 11.2. The molecule has 29 heavy (non-hydrogen) atoms. The Labute approximate surface area is 183 Å². The highest BCUT2D eigenvalue weighted by Crippen LogP contribution is 2.25. The van der Waals surface area contributed by atoms with Crippen molar-refractivity contribution in [2.24, 2.45) is 0 Å². The van der Waals surface area contributed by atoms with Crippen LogP contribution in [0, 0.1) is 0 Å². The molecule has 1 aromatic rings. The molecular weight excluding hydrogens is 411 g/mol. The summed E-state index contributed by atoms with van der Waals surface area (Å²) in [6.07, 6.45) is 4.68. The molecule has 6 nitrogen and oxygen atoms in total. The van der Waals surface area contributed by atoms with Crippen molar-refractivity contribution in [2.45, 2.75) is 38.6 Å². The Balaban J connectivity index is 1.45. The zero-order valence-corrected chi connectivity index (χ0v) is 18.5. The summed E-state index contributed by atoms with van der Waals surface area (Å²) >= 11 is 12.1. The van der Waals surface area contributed by atoms with Gasteiger partial charge in [0.15, 0.2) is 0 Å². The van der Waals surface area contributed by atoms with Crippen LogP contribution in [0.1, 0.15) is 32.6 Å². The quantitative estimate of drug-likeness (QED) is 0.762. The van der Waals surface area contributed by atoms with E-state index in [4.69, 9.17) is 23.2 Å². The minimum atomic E-state index is -0.273. The van der Waals surface area contributed by atoms with E-state index < -0.39 is 0 Å². The standard InChI is InChI=1S/C21H30Cl2N4O2/c1-16(21(29)24-19-7-6-17(22)14-18(19)23)26-12-10-25(11-13-26)15-20(28)27-8-4-2-3-5-9-27/h6-7,14,16H,2-5,8-13,15H2,1H3,(H,24,29)/t16-/m1/s1. The number of halogens is 2. The number of likely N-dealkylation sites (tertiary alicyclic amines) is 1. The number of benzene rings is 1. The third-order valence-corrected chi connectivity index (χ3v) is 6.39. The molecule has 0 bridgehead atoms. The monoisotopic (exact) mass is 440 g/mol. The van der Waals surface area contributed by atoms with E-state index in [2.05, 4.69) is 15.1 Å². The van der Waals surface area contributed by atoms with Gasteiger partial charge in [-0.2, -0.15) is 0 Å². The van der Waals surface area contributed by atoms with Gasteiger partial charge >= 0.3 is 0 Å². The van der Waals surface area contributed by atoms with Gasteiger partial charge in [0.25, 0.3) is 0 Å². The lowest BCUT2D eigenvalue weighted by Gasteiger charge is -2.37. The molecule has 0 aromatic heterocycles. The predicted octanol–water partition coefficient (Wildman–Crippen LogP) is 3.34. The Morgan fingerprint density at radius 1 is 1.00 bits per heavy atom. The third kappa shape index (κ3) is 6.32. The molecule has 0 saturated carbocycles. The molecule has 1 N–H and O–H groups in total. The van der Waals surface area contributed by atoms with E-state index in [0.29, 0.717) is 22.3 Å². The number of rotatable bonds is 5. The topological polar surface area (TPSA) is 55.9 Å². The van der Waals surface area contributed by atoms with Crippen LogP contribution in [0.5, 0.6) is 0 Å². The van der Waals surface area contributed by atoms with Crippen molar-refractivity contribution in [2.75, 3.05) is 51.1 Å². The highest BCUT2D eigenvalue weighted by molar-refractivity contribution is 6.36. The van der Waals surface area contributed by atoms with Crippen LogP contribution < -0.4 is 5.32 Å². The predicted molar refractivity (Wildman–Crippen MR) is 118 cm³/mol. The van der Waals surface area contributed by atoms with Crippen LogP contribution in [0.3, 0.4) is 0 Å². The SMILES string of the molecule is C[C@H](C(=O)Nc1ccc(Cl)cc1Cl)N1CCN(CC(=O)N2CCCCCC2)CC1. The summed E-state index contributed by atoms with van der Waals surface area (Å²) in [7, 11) is 0. The highest BCUT2D eigenvalue weighted by Gasteiger charge is 2.27. The maximum absolute atomic E-state index is 12.6. The molecule has 2 heterocycles. The molecule has 1 atom stereocenters. The smallest absolute Gasteiger partial charge is 0.241 e. The van der Waals surface area contributed by atoms with Gasteiger partial charge in [-0.3, -0.25) is 19.4 Å². The Hall–Kier alpha value is -1.34. The minimum absolute atomic E-state index is 0.0942. The summed E-state index contributed by atoms with van der Waals surface area (Å²) in [5.41, 5.74) is 0.564. The lowest BCUT2D eigenvalue weighted by Crippen LogP contribution is -2.54. The molecule has 3 rings (SSSR count). The van der Waals surface area contributed by atoms with Crippen LogP contribution in [0.2, 0.25) is 10.0 Å². The van der Waals surface area contributed by atoms with Crippen LogP contribution in [-0.4, -0.2) is 78.4 Å². The van der Waals surface area contributed by atoms with Crippen LogP contribution in [0.25, 0.3) is 0 Å². The van der Waals surface area contributed by atoms with Crippen LogP contribution in [0.4, 0.5) is 5.69 Å². The second kappa shape index (κ2) is 10.6. The molecule has 2 saturated heterocycles. The lowest BCUT2D eigenvalue weighted by molar-refractivity contribution is -0.133. The Morgan fingerprint density at radius 3 is 2.28 bits per heavy atom. The number of carbonyl (C=O) groups is 2. The molecule has 2 amide bonds. The fourth-order valence-electron chi connectivity index (χ4n) is 3.91. The van der Waals surface area contributed by atoms with E-state index in [1.807, 2.05) is 11.8 Å². The van der Waals surface area contributed by atoms with Gasteiger partial charge in [-0.15, -0.1) is 0 Å². The summed E-state index contributed by atoms with van der Waals surface area (Å²) in [5.74, 6) is 0.145. The van der Waals surface area contributed by atoms with E-state index in [9.17, 15) is 9.59 Å². The van der Waals surface area contributed by atoms with E-state index in [1.54, 1.807) is 18.2 Å². The van der Waals surface area contributed by atoms with Crippen LogP contribution in [-0.2, 0) is 9.59 Å². The first-order chi connectivity index (χ1) is 13.9. The van der Waals surface area contributed by atoms with Crippen molar-refractivity contribution < 1.29 is 9.59 Å². The van der Waals surface area contributed by atoms with Crippen molar-refractivity contribution in [1.82, 2.24) is 14.7 Å². The minimum Gasteiger partial charge on any atom is -0.342 e. The molecule has 2 aliphatic heterocycles. The highest BCUT2D eigenvalue weighted by atomic mass is 35.5. The summed E-state index contributed by atoms with van der Waals surface area (Å²) in [5, 5.41) is 3.84. The molecule has 0 spiro atoms. The second-order valence-electron chi connectivity index (χ2n) is 7.90. The average molecular weight is 441 g/mol. The number of carbonyl (C=O) groups excluding carboxylic acids is 2. The Bertz CT molecular complexity index is 715. The van der Waals surface area contributed by atoms with Gasteiger partial charge in [-0.1, -0.05) is 36.0 Å². The maximum atomic E-state index is 12.6. The molecular formula is C21H30Cl2N4O2. The van der Waals surface area contributed by atoms with Gasteiger partial charge in [0, 0.05) is 44.3 Å². The van der Waals surface area contributed by atoms with Gasteiger partial charge in [-0.25, -0.2) is 0 Å². The van der Waals surface area contributed by atoms with Gasteiger partial charge in [0.1, 0.15) is 0 Å². The van der Waals surface area contributed by atoms with Gasteiger partial charge in [-0.05, 0) is 38.0 Å². The van der Waals surface area contributed by atoms with Crippen molar-refractivity contribution in [3.63, 3.8) is 0 Å². The normalized spacial score (nSPS) is 20.2. The zero-order chi connectivity index (χ0) is 20.8. The molecule has 160 valence electrons. The number of piperazine rings is 1. The number of hydrogen-bond acceptors (Lipinski definition) is 4. The molecule has 1 aromatic carbocycles. The third-order valence-electron chi connectivity index (χ3n) is 5.84. The number of nitrogens with zero attached hydrogens (tertiary/aromatic N) is 3. The second-order valence-corrected chi connectivity index (χ2v) is 8.74.